The second-order valence-corrected chi connectivity index (χ2v) is 10.9. The predicted molar refractivity (Wildman–Crippen MR) is 152 cm³/mol. The maximum Gasteiger partial charge on any atom is 0.343 e. The number of pyridine rings is 1. The summed E-state index contributed by atoms with van der Waals surface area (Å²) >= 11 is 6.28. The number of esters is 1. The van der Waals surface area contributed by atoms with Crippen molar-refractivity contribution in [3.05, 3.63) is 65.4 Å². The monoisotopic (exact) mass is 547 g/mol. The summed E-state index contributed by atoms with van der Waals surface area (Å²) in [5.41, 5.74) is 3.65. The number of benzene rings is 1. The van der Waals surface area contributed by atoms with Gasteiger partial charge in [-0.1, -0.05) is 36.7 Å². The van der Waals surface area contributed by atoms with E-state index in [1.807, 2.05) is 56.3 Å². The number of hydrogen-bond donors (Lipinski definition) is 0. The van der Waals surface area contributed by atoms with Crippen LogP contribution in [0.25, 0.3) is 22.5 Å². The van der Waals surface area contributed by atoms with Crippen molar-refractivity contribution in [2.24, 2.45) is 11.8 Å². The van der Waals surface area contributed by atoms with Crippen molar-refractivity contribution in [3.8, 4) is 16.9 Å². The van der Waals surface area contributed by atoms with Crippen molar-refractivity contribution in [1.82, 2.24) is 19.4 Å². The smallest absolute Gasteiger partial charge is 0.343 e. The number of carbonyl (C=O) groups excluding carboxylic acids is 2. The van der Waals surface area contributed by atoms with Crippen molar-refractivity contribution < 1.29 is 14.3 Å². The Labute approximate surface area is 233 Å². The van der Waals surface area contributed by atoms with Gasteiger partial charge in [0.2, 0.25) is 5.91 Å². The quantitative estimate of drug-likeness (QED) is 0.193. The van der Waals surface area contributed by atoms with Crippen molar-refractivity contribution >= 4 is 34.8 Å². The minimum absolute atomic E-state index is 0.0218. The number of nitrogens with zero attached hydrogens (tertiary/aromatic N) is 5. The number of halogens is 1. The van der Waals surface area contributed by atoms with Gasteiger partial charge in [0.25, 0.3) is 0 Å². The van der Waals surface area contributed by atoms with Crippen LogP contribution in [0.15, 0.2) is 54.7 Å². The minimum atomic E-state index is -0.493. The van der Waals surface area contributed by atoms with Gasteiger partial charge in [-0.15, -0.1) is 5.10 Å². The first-order chi connectivity index (χ1) is 18.8. The maximum absolute atomic E-state index is 13.7. The normalized spacial score (nSPS) is 17.5. The fourth-order valence-electron chi connectivity index (χ4n) is 5.24. The van der Waals surface area contributed by atoms with Gasteiger partial charge >= 0.3 is 5.97 Å². The number of ether oxygens (including phenoxy) is 1. The Morgan fingerprint density at radius 2 is 1.79 bits per heavy atom. The van der Waals surface area contributed by atoms with E-state index in [4.69, 9.17) is 21.4 Å². The standard InChI is InChI=1S/C30H34ClN5O3/c1-5-39-30(38)25-18-34(33-28(25)35(19(2)3)29(37)22-11-9-20(4)10-12-22)23-15-13-21(14-16-23)26-17-24-7-6-8-27(31)36(24)32-26/h6-8,13-20,22H,5,9-12H2,1-4H3/t20-,22-. The SMILES string of the molecule is CCOC(=O)c1cn(-c2ccc(-c3cc4cccc(Cl)n4n3)cc2)nc1N(C(=O)[C@H]1CC[C@H](C)CC1)C(C)C. The van der Waals surface area contributed by atoms with Crippen LogP contribution in [0.2, 0.25) is 5.15 Å². The van der Waals surface area contributed by atoms with E-state index in [1.54, 1.807) is 33.3 Å². The van der Waals surface area contributed by atoms with Crippen LogP contribution >= 0.6 is 11.6 Å². The molecule has 5 rings (SSSR count). The van der Waals surface area contributed by atoms with Crippen LogP contribution in [0.5, 0.6) is 0 Å². The summed E-state index contributed by atoms with van der Waals surface area (Å²) in [5, 5.41) is 9.92. The van der Waals surface area contributed by atoms with Crippen LogP contribution in [0, 0.1) is 11.8 Å². The Morgan fingerprint density at radius 1 is 1.08 bits per heavy atom. The summed E-state index contributed by atoms with van der Waals surface area (Å²) in [6, 6.07) is 15.2. The Balaban J connectivity index is 1.49. The second-order valence-electron chi connectivity index (χ2n) is 10.6. The highest BCUT2D eigenvalue weighted by molar-refractivity contribution is 6.29. The van der Waals surface area contributed by atoms with Gasteiger partial charge in [-0.05, 0) is 82.7 Å². The number of aromatic nitrogens is 4. The number of carbonyl (C=O) groups is 2. The lowest BCUT2D eigenvalue weighted by Crippen LogP contribution is -2.43. The Hall–Kier alpha value is -3.65. The molecule has 0 saturated heterocycles. The van der Waals surface area contributed by atoms with Gasteiger partial charge in [0, 0.05) is 23.7 Å². The topological polar surface area (TPSA) is 81.7 Å². The zero-order valence-electron chi connectivity index (χ0n) is 22.8. The first-order valence-corrected chi connectivity index (χ1v) is 14.0. The molecule has 0 atom stereocenters. The molecule has 1 aromatic carbocycles. The molecular formula is C30H34ClN5O3. The van der Waals surface area contributed by atoms with Crippen LogP contribution in [0.4, 0.5) is 5.82 Å². The molecule has 0 unspecified atom stereocenters. The molecule has 3 heterocycles. The minimum Gasteiger partial charge on any atom is -0.462 e. The van der Waals surface area contributed by atoms with Gasteiger partial charge < -0.3 is 4.74 Å². The average molecular weight is 548 g/mol. The van der Waals surface area contributed by atoms with Gasteiger partial charge in [-0.3, -0.25) is 9.69 Å². The largest absolute Gasteiger partial charge is 0.462 e. The van der Waals surface area contributed by atoms with Crippen LogP contribution in [0.1, 0.15) is 63.7 Å². The van der Waals surface area contributed by atoms with Crippen molar-refractivity contribution in [2.45, 2.75) is 59.4 Å². The molecule has 1 saturated carbocycles. The molecule has 0 N–H and O–H groups in total. The number of hydrogen-bond acceptors (Lipinski definition) is 5. The van der Waals surface area contributed by atoms with Gasteiger partial charge in [0.15, 0.2) is 5.82 Å². The molecule has 4 aromatic rings. The molecule has 204 valence electrons. The van der Waals surface area contributed by atoms with Crippen LogP contribution in [0.3, 0.4) is 0 Å². The zero-order valence-corrected chi connectivity index (χ0v) is 23.6. The van der Waals surface area contributed by atoms with E-state index in [-0.39, 0.29) is 30.0 Å². The molecule has 39 heavy (non-hydrogen) atoms. The average Bonchev–Trinajstić information content (AvgIpc) is 3.55. The molecule has 3 aromatic heterocycles. The fourth-order valence-corrected chi connectivity index (χ4v) is 5.45. The van der Waals surface area contributed by atoms with E-state index in [2.05, 4.69) is 12.0 Å². The molecule has 0 spiro atoms. The summed E-state index contributed by atoms with van der Waals surface area (Å²) in [4.78, 5) is 28.4. The molecule has 0 bridgehead atoms. The molecule has 0 radical (unpaired) electrons. The molecule has 0 aliphatic heterocycles. The molecule has 1 fully saturated rings. The van der Waals surface area contributed by atoms with Crippen molar-refractivity contribution in [3.63, 3.8) is 0 Å². The summed E-state index contributed by atoms with van der Waals surface area (Å²) in [6.45, 7) is 8.14. The number of amides is 1. The third-order valence-electron chi connectivity index (χ3n) is 7.40. The number of fused-ring (bicyclic) bond motifs is 1. The van der Waals surface area contributed by atoms with E-state index >= 15 is 0 Å². The molecule has 8 nitrogen and oxygen atoms in total. The van der Waals surface area contributed by atoms with E-state index in [0.29, 0.717) is 16.9 Å². The lowest BCUT2D eigenvalue weighted by atomic mass is 9.82. The molecule has 1 aliphatic carbocycles. The van der Waals surface area contributed by atoms with Crippen molar-refractivity contribution in [2.75, 3.05) is 11.5 Å². The number of rotatable bonds is 7. The summed E-state index contributed by atoms with van der Waals surface area (Å²) in [7, 11) is 0. The Kier molecular flexibility index (Phi) is 7.75. The first kappa shape index (κ1) is 26.9. The molecule has 1 amide bonds. The van der Waals surface area contributed by atoms with E-state index < -0.39 is 5.97 Å². The Morgan fingerprint density at radius 3 is 2.44 bits per heavy atom. The Bertz CT molecular complexity index is 1480. The third-order valence-corrected chi connectivity index (χ3v) is 7.69. The highest BCUT2D eigenvalue weighted by atomic mass is 35.5. The maximum atomic E-state index is 13.7. The lowest BCUT2D eigenvalue weighted by molar-refractivity contribution is -0.124. The number of anilines is 1. The van der Waals surface area contributed by atoms with E-state index in [0.717, 1.165) is 48.1 Å². The van der Waals surface area contributed by atoms with Gasteiger partial charge in [0.05, 0.1) is 23.5 Å². The summed E-state index contributed by atoms with van der Waals surface area (Å²) in [5.74, 6) is 0.436. The van der Waals surface area contributed by atoms with Crippen LogP contribution in [-0.2, 0) is 9.53 Å². The molecule has 1 aliphatic rings. The highest BCUT2D eigenvalue weighted by Gasteiger charge is 2.34. The van der Waals surface area contributed by atoms with E-state index in [1.165, 1.54) is 0 Å². The van der Waals surface area contributed by atoms with Gasteiger partial charge in [-0.2, -0.15) is 5.10 Å². The zero-order chi connectivity index (χ0) is 27.7. The highest BCUT2D eigenvalue weighted by Crippen LogP contribution is 2.33. The predicted octanol–water partition coefficient (Wildman–Crippen LogP) is 6.58. The summed E-state index contributed by atoms with van der Waals surface area (Å²) in [6.07, 6.45) is 5.43. The molecular weight excluding hydrogens is 514 g/mol. The fraction of sp³-hybridized carbons (Fsp3) is 0.400. The second kappa shape index (κ2) is 11.2. The summed E-state index contributed by atoms with van der Waals surface area (Å²) < 4.78 is 8.68. The third kappa shape index (κ3) is 5.43. The van der Waals surface area contributed by atoms with Crippen LogP contribution in [-0.4, -0.2) is 43.9 Å². The molecule has 9 heteroatoms. The van der Waals surface area contributed by atoms with E-state index in [9.17, 15) is 9.59 Å². The van der Waals surface area contributed by atoms with Gasteiger partial charge in [-0.25, -0.2) is 14.0 Å². The first-order valence-electron chi connectivity index (χ1n) is 13.6. The van der Waals surface area contributed by atoms with Crippen LogP contribution < -0.4 is 4.90 Å². The van der Waals surface area contributed by atoms with Gasteiger partial charge in [0.1, 0.15) is 10.7 Å². The van der Waals surface area contributed by atoms with Crippen molar-refractivity contribution in [1.29, 1.82) is 0 Å². The lowest BCUT2D eigenvalue weighted by Gasteiger charge is -2.32.